The highest BCUT2D eigenvalue weighted by molar-refractivity contribution is 5.62. The van der Waals surface area contributed by atoms with Gasteiger partial charge in [-0.15, -0.1) is 10.2 Å². The molecule has 0 aliphatic rings. The quantitative estimate of drug-likeness (QED) is 0.799. The first-order chi connectivity index (χ1) is 10.2. The van der Waals surface area contributed by atoms with Crippen molar-refractivity contribution in [3.8, 4) is 11.4 Å². The number of hydrogen-bond acceptors (Lipinski definition) is 3. The van der Waals surface area contributed by atoms with Gasteiger partial charge in [0.2, 0.25) is 0 Å². The summed E-state index contributed by atoms with van der Waals surface area (Å²) in [5.74, 6) is 0.589. The molecule has 21 heavy (non-hydrogen) atoms. The molecule has 0 atom stereocenters. The molecule has 0 amide bonds. The molecule has 0 saturated carbocycles. The lowest BCUT2D eigenvalue weighted by Gasteiger charge is -2.08. The number of nitrogens with zero attached hydrogens (tertiary/aromatic N) is 3. The molecule has 3 aromatic rings. The molecule has 1 N–H and O–H groups in total. The number of hydrogen-bond donors (Lipinski definition) is 1. The van der Waals surface area contributed by atoms with Crippen molar-refractivity contribution in [1.29, 1.82) is 0 Å². The number of aryl methyl sites for hydroxylation is 1. The van der Waals surface area contributed by atoms with Crippen LogP contribution in [0.4, 0.5) is 10.1 Å². The van der Waals surface area contributed by atoms with Crippen molar-refractivity contribution in [3.05, 3.63) is 66.2 Å². The Bertz CT molecular complexity index is 751. The van der Waals surface area contributed by atoms with Gasteiger partial charge in [-0.1, -0.05) is 24.3 Å². The van der Waals surface area contributed by atoms with E-state index in [0.717, 1.165) is 22.6 Å². The smallest absolute Gasteiger partial charge is 0.163 e. The minimum Gasteiger partial charge on any atom is -0.381 e. The van der Waals surface area contributed by atoms with Crippen LogP contribution in [-0.4, -0.2) is 14.8 Å². The van der Waals surface area contributed by atoms with Gasteiger partial charge in [0.25, 0.3) is 0 Å². The number of nitrogens with one attached hydrogen (secondary N) is 1. The second kappa shape index (κ2) is 5.75. The molecule has 0 aliphatic heterocycles. The third kappa shape index (κ3) is 3.08. The highest BCUT2D eigenvalue weighted by Gasteiger charge is 2.05. The molecule has 106 valence electrons. The summed E-state index contributed by atoms with van der Waals surface area (Å²) in [6.07, 6.45) is 1.67. The van der Waals surface area contributed by atoms with Gasteiger partial charge in [-0.25, -0.2) is 4.39 Å². The normalized spacial score (nSPS) is 10.6. The van der Waals surface area contributed by atoms with Crippen molar-refractivity contribution in [2.45, 2.75) is 6.54 Å². The average Bonchev–Trinajstić information content (AvgIpc) is 2.92. The maximum atomic E-state index is 13.1. The van der Waals surface area contributed by atoms with Gasteiger partial charge >= 0.3 is 0 Å². The second-order valence-corrected chi connectivity index (χ2v) is 4.83. The zero-order valence-corrected chi connectivity index (χ0v) is 11.6. The van der Waals surface area contributed by atoms with Crippen LogP contribution in [-0.2, 0) is 13.6 Å². The fourth-order valence-electron chi connectivity index (χ4n) is 2.16. The van der Waals surface area contributed by atoms with E-state index in [0.29, 0.717) is 6.54 Å². The van der Waals surface area contributed by atoms with Gasteiger partial charge in [-0.2, -0.15) is 0 Å². The van der Waals surface area contributed by atoms with Crippen LogP contribution in [0.15, 0.2) is 54.9 Å². The predicted octanol–water partition coefficient (Wildman–Crippen LogP) is 3.23. The van der Waals surface area contributed by atoms with Crippen molar-refractivity contribution >= 4 is 5.69 Å². The highest BCUT2D eigenvalue weighted by atomic mass is 19.1. The van der Waals surface area contributed by atoms with E-state index in [2.05, 4.69) is 15.5 Å². The molecule has 0 fully saturated rings. The van der Waals surface area contributed by atoms with Gasteiger partial charge in [0.1, 0.15) is 12.1 Å². The van der Waals surface area contributed by atoms with E-state index in [1.165, 1.54) is 12.1 Å². The van der Waals surface area contributed by atoms with E-state index in [1.54, 1.807) is 12.4 Å². The highest BCUT2D eigenvalue weighted by Crippen LogP contribution is 2.20. The maximum absolute atomic E-state index is 13.1. The van der Waals surface area contributed by atoms with Crippen molar-refractivity contribution < 1.29 is 4.39 Å². The maximum Gasteiger partial charge on any atom is 0.163 e. The van der Waals surface area contributed by atoms with Crippen LogP contribution >= 0.6 is 0 Å². The van der Waals surface area contributed by atoms with Crippen LogP contribution in [0.3, 0.4) is 0 Å². The number of halogens is 1. The zero-order chi connectivity index (χ0) is 14.7. The van der Waals surface area contributed by atoms with Gasteiger partial charge in [0.15, 0.2) is 5.82 Å². The van der Waals surface area contributed by atoms with Crippen LogP contribution in [0.25, 0.3) is 11.4 Å². The van der Waals surface area contributed by atoms with Crippen molar-refractivity contribution in [3.63, 3.8) is 0 Å². The Balaban J connectivity index is 1.76. The summed E-state index contributed by atoms with van der Waals surface area (Å²) in [7, 11) is 1.90. The minimum absolute atomic E-state index is 0.220. The first kappa shape index (κ1) is 13.3. The molecule has 0 radical (unpaired) electrons. The van der Waals surface area contributed by atoms with E-state index < -0.39 is 0 Å². The molecule has 1 heterocycles. The first-order valence-corrected chi connectivity index (χ1v) is 6.65. The average molecular weight is 282 g/mol. The summed E-state index contributed by atoms with van der Waals surface area (Å²) >= 11 is 0. The Morgan fingerprint density at radius 3 is 2.76 bits per heavy atom. The van der Waals surface area contributed by atoms with Crippen LogP contribution in [0, 0.1) is 5.82 Å². The largest absolute Gasteiger partial charge is 0.381 e. The van der Waals surface area contributed by atoms with Crippen LogP contribution in [0.2, 0.25) is 0 Å². The molecule has 4 nitrogen and oxygen atoms in total. The van der Waals surface area contributed by atoms with Crippen LogP contribution in [0.1, 0.15) is 5.56 Å². The van der Waals surface area contributed by atoms with Gasteiger partial charge in [0.05, 0.1) is 0 Å². The molecule has 1 aromatic heterocycles. The standard InChI is InChI=1S/C16H15FN4/c1-21-11-19-20-16(21)13-5-3-7-15(9-13)18-10-12-4-2-6-14(17)8-12/h2-9,11,18H,10H2,1H3. The minimum atomic E-state index is -0.220. The molecule has 0 unspecified atom stereocenters. The molecule has 0 bridgehead atoms. The van der Waals surface area contributed by atoms with E-state index in [9.17, 15) is 4.39 Å². The fourth-order valence-corrected chi connectivity index (χ4v) is 2.16. The number of anilines is 1. The zero-order valence-electron chi connectivity index (χ0n) is 11.6. The topological polar surface area (TPSA) is 42.7 Å². The monoisotopic (exact) mass is 282 g/mol. The summed E-state index contributed by atoms with van der Waals surface area (Å²) in [6.45, 7) is 0.569. The van der Waals surface area contributed by atoms with Gasteiger partial charge in [-0.3, -0.25) is 0 Å². The Labute approximate surface area is 122 Å². The summed E-state index contributed by atoms with van der Waals surface area (Å²) in [4.78, 5) is 0. The fraction of sp³-hybridized carbons (Fsp3) is 0.125. The summed E-state index contributed by atoms with van der Waals surface area (Å²) in [5.41, 5.74) is 2.85. The van der Waals surface area contributed by atoms with Crippen molar-refractivity contribution in [1.82, 2.24) is 14.8 Å². The summed E-state index contributed by atoms with van der Waals surface area (Å²) in [5, 5.41) is 11.3. The molecule has 0 saturated heterocycles. The predicted molar refractivity (Wildman–Crippen MR) is 80.2 cm³/mol. The molecule has 3 rings (SSSR count). The summed E-state index contributed by atoms with van der Waals surface area (Å²) < 4.78 is 15.0. The third-order valence-corrected chi connectivity index (χ3v) is 3.22. The molecule has 2 aromatic carbocycles. The van der Waals surface area contributed by atoms with Crippen LogP contribution in [0.5, 0.6) is 0 Å². The number of rotatable bonds is 4. The van der Waals surface area contributed by atoms with E-state index in [-0.39, 0.29) is 5.82 Å². The number of benzene rings is 2. The lowest BCUT2D eigenvalue weighted by atomic mass is 10.1. The second-order valence-electron chi connectivity index (χ2n) is 4.83. The molecule has 0 aliphatic carbocycles. The van der Waals surface area contributed by atoms with Gasteiger partial charge in [0, 0.05) is 24.8 Å². The molecular weight excluding hydrogens is 267 g/mol. The summed E-state index contributed by atoms with van der Waals surface area (Å²) in [6, 6.07) is 14.5. The molecular formula is C16H15FN4. The lowest BCUT2D eigenvalue weighted by molar-refractivity contribution is 0.626. The molecule has 0 spiro atoms. The van der Waals surface area contributed by atoms with Crippen molar-refractivity contribution in [2.24, 2.45) is 7.05 Å². The first-order valence-electron chi connectivity index (χ1n) is 6.65. The third-order valence-electron chi connectivity index (χ3n) is 3.22. The lowest BCUT2D eigenvalue weighted by Crippen LogP contribution is -2.00. The Kier molecular flexibility index (Phi) is 3.64. The van der Waals surface area contributed by atoms with E-state index in [1.807, 2.05) is 41.9 Å². The van der Waals surface area contributed by atoms with E-state index in [4.69, 9.17) is 0 Å². The van der Waals surface area contributed by atoms with Gasteiger partial charge in [-0.05, 0) is 29.8 Å². The van der Waals surface area contributed by atoms with Crippen molar-refractivity contribution in [2.75, 3.05) is 5.32 Å². The number of aromatic nitrogens is 3. The van der Waals surface area contributed by atoms with E-state index >= 15 is 0 Å². The Morgan fingerprint density at radius 1 is 1.14 bits per heavy atom. The Hall–Kier alpha value is -2.69. The van der Waals surface area contributed by atoms with Crippen LogP contribution < -0.4 is 5.32 Å². The van der Waals surface area contributed by atoms with Gasteiger partial charge < -0.3 is 9.88 Å². The SMILES string of the molecule is Cn1cnnc1-c1cccc(NCc2cccc(F)c2)c1. The Morgan fingerprint density at radius 2 is 2.00 bits per heavy atom. The molecule has 5 heteroatoms.